The maximum Gasteiger partial charge on any atom is 0.149 e. The van der Waals surface area contributed by atoms with Gasteiger partial charge in [-0.1, -0.05) is 12.1 Å². The SMILES string of the molecule is Fc1ccc(F)c(CN2CCNc3ncc(-c4cccc(N5CCOCC5)c4)cc32)c1. The zero-order valence-corrected chi connectivity index (χ0v) is 17.2. The molecule has 31 heavy (non-hydrogen) atoms. The Bertz CT molecular complexity index is 1080. The van der Waals surface area contributed by atoms with E-state index in [1.807, 2.05) is 11.1 Å². The highest BCUT2D eigenvalue weighted by atomic mass is 19.1. The highest BCUT2D eigenvalue weighted by molar-refractivity contribution is 5.77. The minimum absolute atomic E-state index is 0.289. The third-order valence-corrected chi connectivity index (χ3v) is 5.81. The molecule has 160 valence electrons. The average Bonchev–Trinajstić information content (AvgIpc) is 2.82. The average molecular weight is 422 g/mol. The van der Waals surface area contributed by atoms with Gasteiger partial charge >= 0.3 is 0 Å². The van der Waals surface area contributed by atoms with Gasteiger partial charge in [0.1, 0.15) is 17.5 Å². The van der Waals surface area contributed by atoms with Crippen LogP contribution in [0.25, 0.3) is 11.1 Å². The molecule has 1 fully saturated rings. The number of rotatable bonds is 4. The van der Waals surface area contributed by atoms with E-state index in [2.05, 4.69) is 45.5 Å². The second kappa shape index (κ2) is 8.51. The number of fused-ring (bicyclic) bond motifs is 1. The van der Waals surface area contributed by atoms with Crippen LogP contribution in [-0.2, 0) is 11.3 Å². The van der Waals surface area contributed by atoms with Crippen LogP contribution in [0.4, 0.5) is 26.0 Å². The summed E-state index contributed by atoms with van der Waals surface area (Å²) in [6.45, 7) is 4.90. The molecule has 3 heterocycles. The van der Waals surface area contributed by atoms with E-state index in [9.17, 15) is 8.78 Å². The quantitative estimate of drug-likeness (QED) is 0.679. The van der Waals surface area contributed by atoms with Crippen LogP contribution in [0.5, 0.6) is 0 Å². The van der Waals surface area contributed by atoms with Crippen molar-refractivity contribution in [1.29, 1.82) is 0 Å². The maximum absolute atomic E-state index is 14.2. The number of aromatic nitrogens is 1. The lowest BCUT2D eigenvalue weighted by atomic mass is 10.0. The van der Waals surface area contributed by atoms with Gasteiger partial charge in [0.15, 0.2) is 0 Å². The maximum atomic E-state index is 14.2. The molecule has 2 aliphatic heterocycles. The Hall–Kier alpha value is -3.19. The monoisotopic (exact) mass is 422 g/mol. The molecule has 0 atom stereocenters. The van der Waals surface area contributed by atoms with E-state index < -0.39 is 11.6 Å². The molecular formula is C24H24F2N4O. The van der Waals surface area contributed by atoms with Gasteiger partial charge in [0.25, 0.3) is 0 Å². The van der Waals surface area contributed by atoms with Gasteiger partial charge in [-0.15, -0.1) is 0 Å². The first-order chi connectivity index (χ1) is 15.2. The van der Waals surface area contributed by atoms with Gasteiger partial charge in [-0.25, -0.2) is 13.8 Å². The lowest BCUT2D eigenvalue weighted by molar-refractivity contribution is 0.122. The standard InChI is InChI=1S/C24H24F2N4O/c25-20-4-5-22(26)19(12-20)16-30-7-6-27-24-23(30)14-18(15-28-24)17-2-1-3-21(13-17)29-8-10-31-11-9-29/h1-5,12-15H,6-11,16H2,(H,27,28). The third kappa shape index (κ3) is 4.18. The Balaban J connectivity index is 1.45. The molecule has 2 aliphatic rings. The van der Waals surface area contributed by atoms with Crippen molar-refractivity contribution >= 4 is 17.2 Å². The number of hydrogen-bond donors (Lipinski definition) is 1. The predicted octanol–water partition coefficient (Wildman–Crippen LogP) is 4.30. The molecule has 0 unspecified atom stereocenters. The lowest BCUT2D eigenvalue weighted by Crippen LogP contribution is -2.36. The largest absolute Gasteiger partial charge is 0.378 e. The fraction of sp³-hybridized carbons (Fsp3) is 0.292. The molecule has 1 saturated heterocycles. The van der Waals surface area contributed by atoms with E-state index in [4.69, 9.17) is 4.74 Å². The van der Waals surface area contributed by atoms with Gasteiger partial charge in [0.05, 0.1) is 18.9 Å². The van der Waals surface area contributed by atoms with E-state index in [-0.39, 0.29) is 6.54 Å². The van der Waals surface area contributed by atoms with E-state index >= 15 is 0 Å². The van der Waals surface area contributed by atoms with Crippen LogP contribution in [0.1, 0.15) is 5.56 Å². The van der Waals surface area contributed by atoms with Crippen molar-refractivity contribution in [3.05, 3.63) is 71.9 Å². The van der Waals surface area contributed by atoms with Gasteiger partial charge in [-0.2, -0.15) is 0 Å². The fourth-order valence-electron chi connectivity index (χ4n) is 4.16. The van der Waals surface area contributed by atoms with Crippen molar-refractivity contribution in [2.24, 2.45) is 0 Å². The fourth-order valence-corrected chi connectivity index (χ4v) is 4.16. The summed E-state index contributed by atoms with van der Waals surface area (Å²) in [6.07, 6.45) is 1.86. The van der Waals surface area contributed by atoms with E-state index in [1.165, 1.54) is 12.1 Å². The van der Waals surface area contributed by atoms with E-state index in [0.29, 0.717) is 18.7 Å². The summed E-state index contributed by atoms with van der Waals surface area (Å²) in [6, 6.07) is 14.1. The van der Waals surface area contributed by atoms with Gasteiger partial charge in [-0.05, 0) is 42.0 Å². The number of nitrogens with zero attached hydrogens (tertiary/aromatic N) is 3. The minimum Gasteiger partial charge on any atom is -0.378 e. The summed E-state index contributed by atoms with van der Waals surface area (Å²) < 4.78 is 33.3. The van der Waals surface area contributed by atoms with Crippen molar-refractivity contribution in [2.75, 3.05) is 54.5 Å². The molecular weight excluding hydrogens is 398 g/mol. The highest BCUT2D eigenvalue weighted by Gasteiger charge is 2.20. The second-order valence-electron chi connectivity index (χ2n) is 7.83. The van der Waals surface area contributed by atoms with Crippen molar-refractivity contribution in [3.63, 3.8) is 0 Å². The minimum atomic E-state index is -0.432. The van der Waals surface area contributed by atoms with E-state index in [1.54, 1.807) is 0 Å². The van der Waals surface area contributed by atoms with E-state index in [0.717, 1.165) is 60.7 Å². The van der Waals surface area contributed by atoms with Crippen LogP contribution < -0.4 is 15.1 Å². The molecule has 0 bridgehead atoms. The molecule has 2 aromatic carbocycles. The predicted molar refractivity (Wildman–Crippen MR) is 119 cm³/mol. The van der Waals surface area contributed by atoms with Crippen molar-refractivity contribution in [1.82, 2.24) is 4.98 Å². The zero-order chi connectivity index (χ0) is 21.2. The molecule has 0 spiro atoms. The number of nitrogens with one attached hydrogen (secondary N) is 1. The summed E-state index contributed by atoms with van der Waals surface area (Å²) in [7, 11) is 0. The topological polar surface area (TPSA) is 40.6 Å². The summed E-state index contributed by atoms with van der Waals surface area (Å²) in [4.78, 5) is 8.98. The number of morpholine rings is 1. The molecule has 1 N–H and O–H groups in total. The molecule has 0 saturated carbocycles. The van der Waals surface area contributed by atoms with Crippen molar-refractivity contribution < 1.29 is 13.5 Å². The molecule has 3 aromatic rings. The summed E-state index contributed by atoms with van der Waals surface area (Å²) >= 11 is 0. The number of hydrogen-bond acceptors (Lipinski definition) is 5. The number of anilines is 3. The Morgan fingerprint density at radius 1 is 0.968 bits per heavy atom. The molecule has 7 heteroatoms. The smallest absolute Gasteiger partial charge is 0.149 e. The Morgan fingerprint density at radius 2 is 1.84 bits per heavy atom. The van der Waals surface area contributed by atoms with Crippen LogP contribution in [-0.4, -0.2) is 44.4 Å². The van der Waals surface area contributed by atoms with Crippen LogP contribution in [0.3, 0.4) is 0 Å². The normalized spacial score (nSPS) is 16.1. The van der Waals surface area contributed by atoms with Crippen LogP contribution in [0.2, 0.25) is 0 Å². The Labute approximate surface area is 180 Å². The number of benzene rings is 2. The molecule has 0 aliphatic carbocycles. The van der Waals surface area contributed by atoms with Crippen LogP contribution in [0, 0.1) is 11.6 Å². The third-order valence-electron chi connectivity index (χ3n) is 5.81. The first-order valence-corrected chi connectivity index (χ1v) is 10.5. The summed E-state index contributed by atoms with van der Waals surface area (Å²) in [5.41, 5.74) is 4.45. The summed E-state index contributed by atoms with van der Waals surface area (Å²) in [5, 5.41) is 3.30. The van der Waals surface area contributed by atoms with Crippen LogP contribution in [0.15, 0.2) is 54.7 Å². The Kier molecular flexibility index (Phi) is 5.42. The first-order valence-electron chi connectivity index (χ1n) is 10.5. The molecule has 1 aromatic heterocycles. The second-order valence-corrected chi connectivity index (χ2v) is 7.83. The zero-order valence-electron chi connectivity index (χ0n) is 17.2. The Morgan fingerprint density at radius 3 is 2.71 bits per heavy atom. The molecule has 5 nitrogen and oxygen atoms in total. The molecule has 0 radical (unpaired) electrons. The number of pyridine rings is 1. The van der Waals surface area contributed by atoms with Gasteiger partial charge in [-0.3, -0.25) is 0 Å². The molecule has 5 rings (SSSR count). The van der Waals surface area contributed by atoms with Crippen molar-refractivity contribution in [3.8, 4) is 11.1 Å². The van der Waals surface area contributed by atoms with Gasteiger partial charge in [0, 0.05) is 55.7 Å². The van der Waals surface area contributed by atoms with Crippen molar-refractivity contribution in [2.45, 2.75) is 6.54 Å². The number of halogens is 2. The first kappa shape index (κ1) is 19.8. The summed E-state index contributed by atoms with van der Waals surface area (Å²) in [5.74, 6) is -0.0708. The molecule has 0 amide bonds. The highest BCUT2D eigenvalue weighted by Crippen LogP contribution is 2.34. The van der Waals surface area contributed by atoms with Crippen LogP contribution >= 0.6 is 0 Å². The number of ether oxygens (including phenoxy) is 1. The lowest BCUT2D eigenvalue weighted by Gasteiger charge is -2.32. The van der Waals surface area contributed by atoms with Gasteiger partial charge < -0.3 is 19.9 Å². The van der Waals surface area contributed by atoms with Gasteiger partial charge in [0.2, 0.25) is 0 Å².